The van der Waals surface area contributed by atoms with Gasteiger partial charge in [-0.3, -0.25) is 0 Å². The lowest BCUT2D eigenvalue weighted by Crippen LogP contribution is -2.69. The lowest BCUT2D eigenvalue weighted by molar-refractivity contribution is -0.312. The molecule has 2 heterocycles. The molecule has 2 aliphatic heterocycles. The second-order valence-corrected chi connectivity index (χ2v) is 7.23. The summed E-state index contributed by atoms with van der Waals surface area (Å²) >= 11 is 0. The lowest BCUT2D eigenvalue weighted by Gasteiger charge is -2.55. The van der Waals surface area contributed by atoms with Crippen LogP contribution in [0.3, 0.4) is 0 Å². The molecule has 0 radical (unpaired) electrons. The van der Waals surface area contributed by atoms with Gasteiger partial charge in [0.15, 0.2) is 0 Å². The van der Waals surface area contributed by atoms with Crippen LogP contribution < -0.4 is 0 Å². The molecule has 0 saturated carbocycles. The average molecular weight is 258 g/mol. The zero-order valence-electron chi connectivity index (χ0n) is 12.0. The third-order valence-electron chi connectivity index (χ3n) is 5.13. The quantitative estimate of drug-likeness (QED) is 0.658. The Balaban J connectivity index is 2.49. The predicted molar refractivity (Wildman–Crippen MR) is 68.1 cm³/mol. The molecule has 2 fully saturated rings. The van der Waals surface area contributed by atoms with Crippen molar-refractivity contribution in [3.8, 4) is 0 Å². The number of aliphatic hydroxyl groups is 3. The molecule has 0 aromatic carbocycles. The van der Waals surface area contributed by atoms with Gasteiger partial charge in [-0.1, -0.05) is 34.6 Å². The van der Waals surface area contributed by atoms with Gasteiger partial charge in [0, 0.05) is 0 Å². The molecule has 0 aromatic rings. The molecule has 2 aliphatic rings. The van der Waals surface area contributed by atoms with Gasteiger partial charge in [0.25, 0.3) is 0 Å². The summed E-state index contributed by atoms with van der Waals surface area (Å²) in [6, 6.07) is 0. The molecule has 2 bridgehead atoms. The van der Waals surface area contributed by atoms with E-state index in [1.54, 1.807) is 0 Å². The molecule has 2 saturated heterocycles. The highest BCUT2D eigenvalue weighted by molar-refractivity contribution is 5.17. The van der Waals surface area contributed by atoms with Crippen LogP contribution in [0, 0.1) is 11.3 Å². The van der Waals surface area contributed by atoms with Crippen molar-refractivity contribution in [1.29, 1.82) is 0 Å². The Morgan fingerprint density at radius 2 is 1.61 bits per heavy atom. The fraction of sp³-hybridized carbons (Fsp3) is 1.00. The maximum absolute atomic E-state index is 10.4. The Hall–Kier alpha value is -0.160. The highest BCUT2D eigenvalue weighted by Crippen LogP contribution is 2.57. The van der Waals surface area contributed by atoms with E-state index in [4.69, 9.17) is 4.74 Å². The summed E-state index contributed by atoms with van der Waals surface area (Å²) in [5.41, 5.74) is -1.79. The van der Waals surface area contributed by atoms with Crippen LogP contribution in [0.2, 0.25) is 0 Å². The van der Waals surface area contributed by atoms with E-state index in [1.165, 1.54) is 0 Å². The molecule has 0 aromatic heterocycles. The summed E-state index contributed by atoms with van der Waals surface area (Å²) in [4.78, 5) is 0. The average Bonchev–Trinajstić information content (AvgIpc) is 2.64. The van der Waals surface area contributed by atoms with E-state index < -0.39 is 29.5 Å². The topological polar surface area (TPSA) is 69.9 Å². The summed E-state index contributed by atoms with van der Waals surface area (Å²) in [5, 5.41) is 30.9. The van der Waals surface area contributed by atoms with Crippen LogP contribution in [0.1, 0.15) is 47.5 Å². The van der Waals surface area contributed by atoms with Gasteiger partial charge in [-0.15, -0.1) is 0 Å². The predicted octanol–water partition coefficient (Wildman–Crippen LogP) is 1.07. The second kappa shape index (κ2) is 3.92. The smallest absolute Gasteiger partial charge is 0.112 e. The first-order valence-corrected chi connectivity index (χ1v) is 6.83. The molecule has 4 nitrogen and oxygen atoms in total. The Labute approximate surface area is 109 Å². The third kappa shape index (κ3) is 1.52. The van der Waals surface area contributed by atoms with Gasteiger partial charge in [0.2, 0.25) is 0 Å². The zero-order chi connectivity index (χ0) is 13.9. The molecule has 3 N–H and O–H groups in total. The van der Waals surface area contributed by atoms with Crippen LogP contribution >= 0.6 is 0 Å². The van der Waals surface area contributed by atoms with E-state index >= 15 is 0 Å². The van der Waals surface area contributed by atoms with Gasteiger partial charge in [-0.05, 0) is 24.2 Å². The molecule has 5 atom stereocenters. The largest absolute Gasteiger partial charge is 0.387 e. The van der Waals surface area contributed by atoms with E-state index in [0.29, 0.717) is 12.8 Å². The van der Waals surface area contributed by atoms with Crippen LogP contribution in [-0.2, 0) is 4.74 Å². The molecule has 2 rings (SSSR count). The van der Waals surface area contributed by atoms with Crippen molar-refractivity contribution in [2.24, 2.45) is 11.3 Å². The van der Waals surface area contributed by atoms with Gasteiger partial charge in [-0.25, -0.2) is 0 Å². The molecule has 0 spiro atoms. The van der Waals surface area contributed by atoms with Crippen molar-refractivity contribution in [3.63, 3.8) is 0 Å². The van der Waals surface area contributed by atoms with Gasteiger partial charge in [-0.2, -0.15) is 0 Å². The monoisotopic (exact) mass is 258 g/mol. The van der Waals surface area contributed by atoms with Crippen molar-refractivity contribution < 1.29 is 20.1 Å². The molecule has 0 unspecified atom stereocenters. The minimum atomic E-state index is -1.14. The van der Waals surface area contributed by atoms with E-state index in [9.17, 15) is 15.3 Å². The number of aliphatic hydroxyl groups excluding tert-OH is 3. The van der Waals surface area contributed by atoms with Gasteiger partial charge >= 0.3 is 0 Å². The fourth-order valence-corrected chi connectivity index (χ4v) is 3.70. The van der Waals surface area contributed by atoms with E-state index in [0.717, 1.165) is 0 Å². The molecule has 106 valence electrons. The minimum Gasteiger partial charge on any atom is -0.387 e. The minimum absolute atomic E-state index is 0.0962. The molecule has 4 heteroatoms. The Morgan fingerprint density at radius 3 is 2.06 bits per heavy atom. The molecule has 18 heavy (non-hydrogen) atoms. The molecule has 0 amide bonds. The van der Waals surface area contributed by atoms with E-state index in [2.05, 4.69) is 0 Å². The summed E-state index contributed by atoms with van der Waals surface area (Å²) < 4.78 is 6.23. The summed E-state index contributed by atoms with van der Waals surface area (Å²) in [5.74, 6) is 0.0962. The maximum atomic E-state index is 10.4. The van der Waals surface area contributed by atoms with Crippen molar-refractivity contribution in [2.75, 3.05) is 0 Å². The summed E-state index contributed by atoms with van der Waals surface area (Å²) in [6.07, 6.45) is -1.85. The first kappa shape index (κ1) is 14.3. The van der Waals surface area contributed by atoms with E-state index in [-0.39, 0.29) is 11.3 Å². The highest BCUT2D eigenvalue weighted by Gasteiger charge is 2.68. The number of hydrogen-bond donors (Lipinski definition) is 3. The molecular formula is C14H26O4. The summed E-state index contributed by atoms with van der Waals surface area (Å²) in [6.45, 7) is 10.0. The number of rotatable bonds is 1. The van der Waals surface area contributed by atoms with Crippen molar-refractivity contribution >= 4 is 0 Å². The first-order chi connectivity index (χ1) is 8.08. The number of hydrogen-bond acceptors (Lipinski definition) is 4. The molecule has 0 aliphatic carbocycles. The fourth-order valence-electron chi connectivity index (χ4n) is 3.70. The Morgan fingerprint density at radius 1 is 1.06 bits per heavy atom. The van der Waals surface area contributed by atoms with Crippen LogP contribution in [0.4, 0.5) is 0 Å². The van der Waals surface area contributed by atoms with Crippen molar-refractivity contribution in [3.05, 3.63) is 0 Å². The number of fused-ring (bicyclic) bond motifs is 2. The lowest BCUT2D eigenvalue weighted by atomic mass is 9.69. The maximum Gasteiger partial charge on any atom is 0.112 e. The zero-order valence-corrected chi connectivity index (χ0v) is 12.0. The normalized spacial score (nSPS) is 48.8. The van der Waals surface area contributed by atoms with E-state index in [1.807, 2.05) is 34.6 Å². The third-order valence-corrected chi connectivity index (χ3v) is 5.13. The second-order valence-electron chi connectivity index (χ2n) is 7.23. The van der Waals surface area contributed by atoms with Crippen LogP contribution in [0.25, 0.3) is 0 Å². The Kier molecular flexibility index (Phi) is 3.10. The van der Waals surface area contributed by atoms with Crippen molar-refractivity contribution in [2.45, 2.75) is 77.0 Å². The SMILES string of the molecule is CC(C)[C@]12CC[C@](C(C)(C)C)(O1)[C@@H](O)[C@H](O)[C@H]2O. The van der Waals surface area contributed by atoms with Crippen LogP contribution in [0.15, 0.2) is 0 Å². The van der Waals surface area contributed by atoms with Gasteiger partial charge in [0.1, 0.15) is 23.9 Å². The summed E-state index contributed by atoms with van der Waals surface area (Å²) in [7, 11) is 0. The van der Waals surface area contributed by atoms with Gasteiger partial charge < -0.3 is 20.1 Å². The van der Waals surface area contributed by atoms with Gasteiger partial charge in [0.05, 0.1) is 5.60 Å². The van der Waals surface area contributed by atoms with Crippen molar-refractivity contribution in [1.82, 2.24) is 0 Å². The highest BCUT2D eigenvalue weighted by atomic mass is 16.6. The first-order valence-electron chi connectivity index (χ1n) is 6.83. The standard InChI is InChI=1S/C14H26O4/c1-8(2)13-6-7-14(18-13,12(3,4)5)11(17)9(15)10(13)16/h8-11,15-17H,6-7H2,1-5H3/t9-,10-,11+,13+,14+/m1/s1. The number of ether oxygens (including phenoxy) is 1. The Bertz CT molecular complexity index is 335. The van der Waals surface area contributed by atoms with Crippen LogP contribution in [0.5, 0.6) is 0 Å². The van der Waals surface area contributed by atoms with Crippen LogP contribution in [-0.4, -0.2) is 44.8 Å². The molecular weight excluding hydrogens is 232 g/mol.